The molecule has 2 unspecified atom stereocenters. The van der Waals surface area contributed by atoms with Crippen molar-refractivity contribution >= 4 is 0 Å². The van der Waals surface area contributed by atoms with E-state index >= 15 is 0 Å². The molecule has 0 bridgehead atoms. The number of hydrogen-bond acceptors (Lipinski definition) is 0. The fourth-order valence-electron chi connectivity index (χ4n) is 2.00. The lowest BCUT2D eigenvalue weighted by Gasteiger charge is -2.14. The number of hydrogen-bond donors (Lipinski definition) is 0. The maximum atomic E-state index is 3.78. The second-order valence-corrected chi connectivity index (χ2v) is 5.15. The van der Waals surface area contributed by atoms with Crippen LogP contribution in [0.5, 0.6) is 0 Å². The normalized spacial score (nSPS) is 14.9. The van der Waals surface area contributed by atoms with Crippen LogP contribution in [0.2, 0.25) is 0 Å². The van der Waals surface area contributed by atoms with Crippen LogP contribution in [-0.4, -0.2) is 0 Å². The van der Waals surface area contributed by atoms with Crippen molar-refractivity contribution in [1.82, 2.24) is 0 Å². The molecule has 0 aliphatic carbocycles. The summed E-state index contributed by atoms with van der Waals surface area (Å²) in [6.45, 7) is 10.8. The molecule has 0 saturated carbocycles. The molecule has 0 nitrogen and oxygen atoms in total. The predicted molar refractivity (Wildman–Crippen MR) is 71.1 cm³/mol. The van der Waals surface area contributed by atoms with Gasteiger partial charge in [0.1, 0.15) is 0 Å². The van der Waals surface area contributed by atoms with Crippen LogP contribution >= 0.6 is 0 Å². The lowest BCUT2D eigenvalue weighted by atomic mass is 9.92. The van der Waals surface area contributed by atoms with E-state index < -0.39 is 0 Å². The van der Waals surface area contributed by atoms with Crippen LogP contribution in [0.25, 0.3) is 0 Å². The van der Waals surface area contributed by atoms with Gasteiger partial charge in [0.2, 0.25) is 0 Å². The first kappa shape index (κ1) is 14.7. The van der Waals surface area contributed by atoms with Crippen LogP contribution in [0.3, 0.4) is 0 Å². The first-order chi connectivity index (χ1) is 7.20. The highest BCUT2D eigenvalue weighted by molar-refractivity contribution is 4.68. The Morgan fingerprint density at radius 2 is 1.53 bits per heavy atom. The minimum Gasteiger partial charge on any atom is -0.103 e. The number of allylic oxidation sites excluding steroid dienone is 1. The second-order valence-electron chi connectivity index (χ2n) is 5.15. The summed E-state index contributed by atoms with van der Waals surface area (Å²) < 4.78 is 0. The summed E-state index contributed by atoms with van der Waals surface area (Å²) in [5.41, 5.74) is 0. The van der Waals surface area contributed by atoms with Crippen molar-refractivity contribution in [2.45, 2.75) is 72.1 Å². The Bertz CT molecular complexity index is 137. The molecule has 0 heteroatoms. The molecule has 0 heterocycles. The Hall–Kier alpha value is -0.260. The summed E-state index contributed by atoms with van der Waals surface area (Å²) in [5, 5.41) is 0. The topological polar surface area (TPSA) is 0 Å². The van der Waals surface area contributed by atoms with Gasteiger partial charge in [-0.2, -0.15) is 0 Å². The Morgan fingerprint density at radius 1 is 0.933 bits per heavy atom. The lowest BCUT2D eigenvalue weighted by molar-refractivity contribution is 0.390. The Morgan fingerprint density at radius 3 is 2.07 bits per heavy atom. The van der Waals surface area contributed by atoms with Gasteiger partial charge in [-0.15, -0.1) is 6.58 Å². The fourth-order valence-corrected chi connectivity index (χ4v) is 2.00. The molecule has 0 radical (unpaired) electrons. The van der Waals surface area contributed by atoms with E-state index in [2.05, 4.69) is 27.4 Å². The fraction of sp³-hybridized carbons (Fsp3) is 0.867. The minimum atomic E-state index is 0.886. The Labute approximate surface area is 97.2 Å². The first-order valence-electron chi connectivity index (χ1n) is 6.81. The van der Waals surface area contributed by atoms with Gasteiger partial charge in [-0.1, -0.05) is 65.4 Å². The highest BCUT2D eigenvalue weighted by atomic mass is 14.1. The van der Waals surface area contributed by atoms with Crippen molar-refractivity contribution in [3.05, 3.63) is 12.7 Å². The average Bonchev–Trinajstić information content (AvgIpc) is 2.24. The zero-order chi connectivity index (χ0) is 11.5. The molecule has 0 aromatic heterocycles. The maximum absolute atomic E-state index is 3.78. The van der Waals surface area contributed by atoms with Crippen LogP contribution in [0.15, 0.2) is 12.7 Å². The van der Waals surface area contributed by atoms with Gasteiger partial charge in [0.15, 0.2) is 0 Å². The number of unbranched alkanes of at least 4 members (excludes halogenated alkanes) is 2. The van der Waals surface area contributed by atoms with Crippen molar-refractivity contribution in [1.29, 1.82) is 0 Å². The van der Waals surface area contributed by atoms with Crippen LogP contribution < -0.4 is 0 Å². The molecule has 90 valence electrons. The predicted octanol–water partition coefficient (Wildman–Crippen LogP) is 5.59. The first-order valence-corrected chi connectivity index (χ1v) is 6.81. The van der Waals surface area contributed by atoms with E-state index in [0.29, 0.717) is 0 Å². The molecule has 0 rings (SSSR count). The van der Waals surface area contributed by atoms with Gasteiger partial charge in [0, 0.05) is 0 Å². The van der Waals surface area contributed by atoms with E-state index in [9.17, 15) is 0 Å². The van der Waals surface area contributed by atoms with Gasteiger partial charge in [0.05, 0.1) is 0 Å². The third kappa shape index (κ3) is 10.0. The van der Waals surface area contributed by atoms with E-state index in [1.165, 1.54) is 51.4 Å². The Balaban J connectivity index is 3.35. The summed E-state index contributed by atoms with van der Waals surface area (Å²) in [7, 11) is 0. The zero-order valence-electron chi connectivity index (χ0n) is 11.1. The van der Waals surface area contributed by atoms with Gasteiger partial charge in [-0.05, 0) is 24.7 Å². The Kier molecular flexibility index (Phi) is 10.1. The van der Waals surface area contributed by atoms with Crippen LogP contribution in [0.1, 0.15) is 72.1 Å². The van der Waals surface area contributed by atoms with Crippen molar-refractivity contribution < 1.29 is 0 Å². The van der Waals surface area contributed by atoms with E-state index in [0.717, 1.165) is 11.8 Å². The SMILES string of the molecule is C=CCCC(C)CCC(C)CCCCC. The van der Waals surface area contributed by atoms with Gasteiger partial charge in [0.25, 0.3) is 0 Å². The highest BCUT2D eigenvalue weighted by Crippen LogP contribution is 2.20. The molecule has 0 fully saturated rings. The van der Waals surface area contributed by atoms with Crippen molar-refractivity contribution in [2.75, 3.05) is 0 Å². The summed E-state index contributed by atoms with van der Waals surface area (Å²) in [6, 6.07) is 0. The number of rotatable bonds is 10. The van der Waals surface area contributed by atoms with Gasteiger partial charge >= 0.3 is 0 Å². The smallest absolute Gasteiger partial charge is 0.0351 e. The molecule has 0 saturated heterocycles. The second kappa shape index (κ2) is 10.3. The van der Waals surface area contributed by atoms with E-state index in [4.69, 9.17) is 0 Å². The van der Waals surface area contributed by atoms with Gasteiger partial charge < -0.3 is 0 Å². The highest BCUT2D eigenvalue weighted by Gasteiger charge is 2.05. The van der Waals surface area contributed by atoms with Crippen LogP contribution in [-0.2, 0) is 0 Å². The van der Waals surface area contributed by atoms with E-state index in [1.54, 1.807) is 0 Å². The van der Waals surface area contributed by atoms with E-state index in [1.807, 2.05) is 6.08 Å². The largest absolute Gasteiger partial charge is 0.103 e. The summed E-state index contributed by atoms with van der Waals surface area (Å²) in [4.78, 5) is 0. The van der Waals surface area contributed by atoms with Gasteiger partial charge in [-0.3, -0.25) is 0 Å². The zero-order valence-corrected chi connectivity index (χ0v) is 11.1. The summed E-state index contributed by atoms with van der Waals surface area (Å²) in [6.07, 6.45) is 13.0. The quantitative estimate of drug-likeness (QED) is 0.326. The molecule has 0 N–H and O–H groups in total. The molecular formula is C15H30. The third-order valence-electron chi connectivity index (χ3n) is 3.32. The average molecular weight is 210 g/mol. The maximum Gasteiger partial charge on any atom is -0.0351 e. The van der Waals surface area contributed by atoms with E-state index in [-0.39, 0.29) is 0 Å². The van der Waals surface area contributed by atoms with Gasteiger partial charge in [-0.25, -0.2) is 0 Å². The van der Waals surface area contributed by atoms with Crippen molar-refractivity contribution in [2.24, 2.45) is 11.8 Å². The molecule has 0 aliphatic heterocycles. The molecular weight excluding hydrogens is 180 g/mol. The van der Waals surface area contributed by atoms with Crippen molar-refractivity contribution in [3.8, 4) is 0 Å². The van der Waals surface area contributed by atoms with Crippen LogP contribution in [0, 0.1) is 11.8 Å². The third-order valence-corrected chi connectivity index (χ3v) is 3.32. The molecule has 0 aromatic carbocycles. The van der Waals surface area contributed by atoms with Crippen molar-refractivity contribution in [3.63, 3.8) is 0 Å². The molecule has 0 aliphatic rings. The molecule has 15 heavy (non-hydrogen) atoms. The summed E-state index contributed by atoms with van der Waals surface area (Å²) in [5.74, 6) is 1.82. The summed E-state index contributed by atoms with van der Waals surface area (Å²) >= 11 is 0. The molecule has 0 spiro atoms. The lowest BCUT2D eigenvalue weighted by Crippen LogP contribution is -2.00. The minimum absolute atomic E-state index is 0.886. The molecule has 2 atom stereocenters. The molecule has 0 aromatic rings. The van der Waals surface area contributed by atoms with Crippen LogP contribution in [0.4, 0.5) is 0 Å². The standard InChI is InChI=1S/C15H30/c1-5-7-9-11-15(4)13-12-14(3)10-8-6-2/h6,14-15H,2,5,7-13H2,1,3-4H3. The molecule has 0 amide bonds. The monoisotopic (exact) mass is 210 g/mol.